The van der Waals surface area contributed by atoms with Crippen molar-refractivity contribution >= 4 is 17.8 Å². The number of nitro benzene ring substituents is 1. The molecule has 1 aliphatic heterocycles. The predicted molar refractivity (Wildman–Crippen MR) is 97.0 cm³/mol. The molecule has 27 heavy (non-hydrogen) atoms. The van der Waals surface area contributed by atoms with Crippen LogP contribution >= 0.6 is 0 Å². The third-order valence-electron chi connectivity index (χ3n) is 3.93. The summed E-state index contributed by atoms with van der Waals surface area (Å²) in [7, 11) is 0. The van der Waals surface area contributed by atoms with E-state index in [0.29, 0.717) is 11.1 Å². The first kappa shape index (κ1) is 17.8. The molecule has 2 aromatic rings. The van der Waals surface area contributed by atoms with Crippen molar-refractivity contribution in [2.75, 3.05) is 0 Å². The summed E-state index contributed by atoms with van der Waals surface area (Å²) in [5.41, 5.74) is 0.743. The van der Waals surface area contributed by atoms with Crippen LogP contribution in [0, 0.1) is 20.2 Å². The van der Waals surface area contributed by atoms with Crippen LogP contribution in [0.2, 0.25) is 0 Å². The highest BCUT2D eigenvalue weighted by molar-refractivity contribution is 5.80. The summed E-state index contributed by atoms with van der Waals surface area (Å²) in [5.74, 6) is 0. The van der Waals surface area contributed by atoms with Crippen molar-refractivity contribution in [1.29, 1.82) is 0 Å². The fourth-order valence-electron chi connectivity index (χ4n) is 2.72. The Bertz CT molecular complexity index is 969. The Hall–Kier alpha value is -4.01. The van der Waals surface area contributed by atoms with Gasteiger partial charge in [-0.15, -0.1) is 0 Å². The van der Waals surface area contributed by atoms with Crippen LogP contribution in [0.3, 0.4) is 0 Å². The topological polar surface area (TPSA) is 127 Å². The lowest BCUT2D eigenvalue weighted by Gasteiger charge is -2.23. The molecule has 0 saturated carbocycles. The van der Waals surface area contributed by atoms with Crippen LogP contribution in [0.25, 0.3) is 6.08 Å². The largest absolute Gasteiger partial charge is 0.321 e. The van der Waals surface area contributed by atoms with E-state index >= 15 is 0 Å². The predicted octanol–water partition coefficient (Wildman–Crippen LogP) is 3.15. The van der Waals surface area contributed by atoms with Gasteiger partial charge in [-0.25, -0.2) is 4.79 Å². The lowest BCUT2D eigenvalue weighted by molar-refractivity contribution is -0.432. The van der Waals surface area contributed by atoms with Gasteiger partial charge < -0.3 is 10.6 Å². The maximum absolute atomic E-state index is 12.0. The number of amides is 2. The number of urea groups is 1. The highest BCUT2D eigenvalue weighted by Gasteiger charge is 2.35. The summed E-state index contributed by atoms with van der Waals surface area (Å²) in [6.45, 7) is 0. The van der Waals surface area contributed by atoms with Gasteiger partial charge in [-0.1, -0.05) is 48.5 Å². The van der Waals surface area contributed by atoms with Crippen molar-refractivity contribution in [3.8, 4) is 0 Å². The molecule has 1 heterocycles. The molecule has 0 spiro atoms. The number of hydrogen-bond donors (Lipinski definition) is 2. The third kappa shape index (κ3) is 3.98. The maximum atomic E-state index is 12.0. The third-order valence-corrected chi connectivity index (χ3v) is 3.93. The second kappa shape index (κ2) is 7.48. The number of rotatable bonds is 5. The lowest BCUT2D eigenvalue weighted by atomic mass is 10.0. The molecule has 9 heteroatoms. The second-order valence-electron chi connectivity index (χ2n) is 5.68. The number of allylic oxidation sites excluding steroid dienone is 1. The summed E-state index contributed by atoms with van der Waals surface area (Å²) < 4.78 is 0. The van der Waals surface area contributed by atoms with Gasteiger partial charge in [0.05, 0.1) is 9.85 Å². The van der Waals surface area contributed by atoms with Crippen LogP contribution in [-0.4, -0.2) is 15.9 Å². The molecule has 2 aromatic carbocycles. The Morgan fingerprint density at radius 1 is 0.926 bits per heavy atom. The van der Waals surface area contributed by atoms with Crippen molar-refractivity contribution in [3.63, 3.8) is 0 Å². The molecule has 1 unspecified atom stereocenters. The number of non-ortho nitro benzene ring substituents is 1. The van der Waals surface area contributed by atoms with Crippen molar-refractivity contribution in [3.05, 3.63) is 103 Å². The van der Waals surface area contributed by atoms with Crippen LogP contribution < -0.4 is 10.6 Å². The van der Waals surface area contributed by atoms with Gasteiger partial charge in [-0.2, -0.15) is 0 Å². The van der Waals surface area contributed by atoms with Crippen LogP contribution in [-0.2, 0) is 0 Å². The Labute approximate surface area is 153 Å². The molecular formula is C18H14N4O5. The fraction of sp³-hybridized carbons (Fsp3) is 0.0556. The standard InChI is InChI=1S/C18H14N4O5/c23-18-19-15(10-9-12-5-4-8-14(11-12)21(24)25)17(22(26)27)16(20-18)13-6-2-1-3-7-13/h1-11,16H,(H2,19,20,23). The van der Waals surface area contributed by atoms with Gasteiger partial charge in [0.25, 0.3) is 11.4 Å². The minimum absolute atomic E-state index is 0.0177. The molecule has 136 valence electrons. The molecule has 0 aliphatic carbocycles. The quantitative estimate of drug-likeness (QED) is 0.620. The first-order valence-corrected chi connectivity index (χ1v) is 7.89. The Morgan fingerprint density at radius 3 is 2.33 bits per heavy atom. The van der Waals surface area contributed by atoms with Crippen LogP contribution in [0.4, 0.5) is 10.5 Å². The molecule has 0 aromatic heterocycles. The summed E-state index contributed by atoms with van der Waals surface area (Å²) in [6.07, 6.45) is 2.84. The minimum atomic E-state index is -0.917. The van der Waals surface area contributed by atoms with Crippen molar-refractivity contribution in [2.45, 2.75) is 6.04 Å². The van der Waals surface area contributed by atoms with Gasteiger partial charge in [0.15, 0.2) is 0 Å². The number of benzene rings is 2. The molecule has 3 rings (SSSR count). The van der Waals surface area contributed by atoms with E-state index in [2.05, 4.69) is 10.6 Å². The summed E-state index contributed by atoms with van der Waals surface area (Å²) in [4.78, 5) is 33.4. The van der Waals surface area contributed by atoms with E-state index in [4.69, 9.17) is 0 Å². The van der Waals surface area contributed by atoms with Gasteiger partial charge in [0.2, 0.25) is 0 Å². The maximum Gasteiger partial charge on any atom is 0.320 e. The van der Waals surface area contributed by atoms with E-state index in [-0.39, 0.29) is 17.1 Å². The van der Waals surface area contributed by atoms with E-state index in [0.717, 1.165) is 0 Å². The molecular weight excluding hydrogens is 352 g/mol. The second-order valence-corrected chi connectivity index (χ2v) is 5.68. The van der Waals surface area contributed by atoms with E-state index in [1.807, 2.05) is 0 Å². The zero-order valence-electron chi connectivity index (χ0n) is 13.9. The SMILES string of the molecule is O=C1NC(C=Cc2cccc([N+](=O)[O-])c2)=C([N+](=O)[O-])C(c2ccccc2)N1. The number of carbonyl (C=O) groups is 1. The minimum Gasteiger partial charge on any atom is -0.321 e. The fourth-order valence-corrected chi connectivity index (χ4v) is 2.72. The molecule has 1 aliphatic rings. The Morgan fingerprint density at radius 2 is 1.67 bits per heavy atom. The molecule has 1 atom stereocenters. The monoisotopic (exact) mass is 366 g/mol. The smallest absolute Gasteiger partial charge is 0.320 e. The summed E-state index contributed by atoms with van der Waals surface area (Å²) >= 11 is 0. The number of hydrogen-bond acceptors (Lipinski definition) is 5. The average Bonchev–Trinajstić information content (AvgIpc) is 2.66. The molecule has 0 saturated heterocycles. The van der Waals surface area contributed by atoms with E-state index in [1.165, 1.54) is 30.4 Å². The average molecular weight is 366 g/mol. The van der Waals surface area contributed by atoms with Crippen LogP contribution in [0.5, 0.6) is 0 Å². The Balaban J connectivity index is 2.02. The van der Waals surface area contributed by atoms with E-state index < -0.39 is 21.9 Å². The van der Waals surface area contributed by atoms with Gasteiger partial charge in [-0.05, 0) is 17.2 Å². The van der Waals surface area contributed by atoms with Gasteiger partial charge >= 0.3 is 6.03 Å². The van der Waals surface area contributed by atoms with Gasteiger partial charge in [0.1, 0.15) is 11.7 Å². The van der Waals surface area contributed by atoms with Crippen molar-refractivity contribution < 1.29 is 14.6 Å². The highest BCUT2D eigenvalue weighted by atomic mass is 16.6. The van der Waals surface area contributed by atoms with Crippen LogP contribution in [0.1, 0.15) is 17.2 Å². The van der Waals surface area contributed by atoms with E-state index in [1.54, 1.807) is 36.4 Å². The molecule has 0 radical (unpaired) electrons. The number of nitrogens with one attached hydrogen (secondary N) is 2. The lowest BCUT2D eigenvalue weighted by Crippen LogP contribution is -2.45. The van der Waals surface area contributed by atoms with Crippen molar-refractivity contribution in [1.82, 2.24) is 10.6 Å². The normalized spacial score (nSPS) is 16.7. The number of nitro groups is 2. The van der Waals surface area contributed by atoms with Crippen molar-refractivity contribution in [2.24, 2.45) is 0 Å². The highest BCUT2D eigenvalue weighted by Crippen LogP contribution is 2.27. The number of carbonyl (C=O) groups excluding carboxylic acids is 1. The first-order valence-electron chi connectivity index (χ1n) is 7.89. The molecule has 9 nitrogen and oxygen atoms in total. The summed E-state index contributed by atoms with van der Waals surface area (Å²) in [5, 5.41) is 27.5. The zero-order chi connectivity index (χ0) is 19.4. The molecule has 2 N–H and O–H groups in total. The zero-order valence-corrected chi connectivity index (χ0v) is 13.9. The van der Waals surface area contributed by atoms with E-state index in [9.17, 15) is 25.0 Å². The Kier molecular flexibility index (Phi) is 4.93. The van der Waals surface area contributed by atoms with Gasteiger partial charge in [0, 0.05) is 12.1 Å². The molecule has 0 bridgehead atoms. The first-order chi connectivity index (χ1) is 13.0. The number of nitrogens with zero attached hydrogens (tertiary/aromatic N) is 2. The molecule has 2 amide bonds. The summed E-state index contributed by atoms with van der Waals surface area (Å²) in [6, 6.07) is 12.9. The van der Waals surface area contributed by atoms with Crippen LogP contribution in [0.15, 0.2) is 72.1 Å². The van der Waals surface area contributed by atoms with Gasteiger partial charge in [-0.3, -0.25) is 20.2 Å². The molecule has 0 fully saturated rings.